The topological polar surface area (TPSA) is 94.5 Å². The van der Waals surface area contributed by atoms with E-state index in [0.717, 1.165) is 6.42 Å². The molecule has 0 aromatic rings. The van der Waals surface area contributed by atoms with Crippen LogP contribution in [0, 0.1) is 44.1 Å². The average molecular weight is 491 g/mol. The normalized spacial score (nSPS) is 33.2. The summed E-state index contributed by atoms with van der Waals surface area (Å²) in [6, 6.07) is 0. The monoisotopic (exact) mass is 491 g/mol. The molecule has 1 radical (unpaired) electrons. The number of ether oxygens (including phenoxy) is 4. The van der Waals surface area contributed by atoms with Gasteiger partial charge in [-0.05, 0) is 12.8 Å². The van der Waals surface area contributed by atoms with E-state index in [1.165, 1.54) is 0 Å². The fourth-order valence-electron chi connectivity index (χ4n) is 1.46. The molecular formula is C11H20AcO7. The number of carboxylic acids is 1. The summed E-state index contributed by atoms with van der Waals surface area (Å²) < 4.78 is 19.7. The summed E-state index contributed by atoms with van der Waals surface area (Å²) in [6.07, 6.45) is -0.447. The quantitative estimate of drug-likeness (QED) is 0.587. The number of hydrogen-bond acceptors (Lipinski definition) is 6. The second-order valence-electron chi connectivity index (χ2n) is 3.90. The number of carbonyl (C=O) groups is 1. The second-order valence-corrected chi connectivity index (χ2v) is 3.90. The van der Waals surface area contributed by atoms with Gasteiger partial charge in [-0.15, -0.1) is 0 Å². The van der Waals surface area contributed by atoms with Crippen LogP contribution in [0.25, 0.3) is 0 Å². The minimum Gasteiger partial charge on any atom is -0.479 e. The zero-order chi connectivity index (χ0) is 13.5. The van der Waals surface area contributed by atoms with Crippen molar-refractivity contribution in [2.75, 3.05) is 13.2 Å². The molecule has 2 N–H and O–H groups in total. The van der Waals surface area contributed by atoms with E-state index >= 15 is 0 Å². The van der Waals surface area contributed by atoms with Gasteiger partial charge in [0.25, 0.3) is 0 Å². The summed E-state index contributed by atoms with van der Waals surface area (Å²) in [4.78, 5) is 10.3. The molecule has 7 nitrogen and oxygen atoms in total. The van der Waals surface area contributed by atoms with Gasteiger partial charge in [-0.1, -0.05) is 13.8 Å². The number of hydrogen-bond donors (Lipinski definition) is 2. The van der Waals surface area contributed by atoms with Gasteiger partial charge in [0.2, 0.25) is 0 Å². The zero-order valence-electron chi connectivity index (χ0n) is 11.2. The Morgan fingerprint density at radius 1 is 1.11 bits per heavy atom. The number of rotatable bonds is 3. The molecule has 8 heteroatoms. The van der Waals surface area contributed by atoms with E-state index in [1.54, 1.807) is 0 Å². The Hall–Kier alpha value is 0.712. The smallest absolute Gasteiger partial charge is 0.335 e. The molecule has 0 aliphatic carbocycles. The van der Waals surface area contributed by atoms with Crippen LogP contribution >= 0.6 is 0 Å². The number of aliphatic carboxylic acids is 1. The molecule has 0 bridgehead atoms. The van der Waals surface area contributed by atoms with Crippen molar-refractivity contribution in [1.29, 1.82) is 0 Å². The molecule has 0 aromatic carbocycles. The van der Waals surface area contributed by atoms with Crippen LogP contribution in [0.1, 0.15) is 26.7 Å². The Kier molecular flexibility index (Phi) is 10.8. The molecule has 2 heterocycles. The van der Waals surface area contributed by atoms with E-state index in [0.29, 0.717) is 13.0 Å². The fourth-order valence-corrected chi connectivity index (χ4v) is 1.46. The maximum atomic E-state index is 10.3. The third-order valence-electron chi connectivity index (χ3n) is 2.43. The molecule has 4 atom stereocenters. The molecule has 2 aliphatic rings. The molecule has 2 fully saturated rings. The van der Waals surface area contributed by atoms with Gasteiger partial charge in [0.1, 0.15) is 6.61 Å². The van der Waals surface area contributed by atoms with E-state index in [2.05, 4.69) is 0 Å². The van der Waals surface area contributed by atoms with Crippen molar-refractivity contribution in [3.63, 3.8) is 0 Å². The van der Waals surface area contributed by atoms with Crippen molar-refractivity contribution in [3.05, 3.63) is 0 Å². The van der Waals surface area contributed by atoms with Crippen LogP contribution in [0.4, 0.5) is 0 Å². The van der Waals surface area contributed by atoms with Crippen molar-refractivity contribution in [1.82, 2.24) is 0 Å². The summed E-state index contributed by atoms with van der Waals surface area (Å²) in [5.41, 5.74) is 0. The third-order valence-corrected chi connectivity index (χ3v) is 2.43. The zero-order valence-corrected chi connectivity index (χ0v) is 15.9. The first-order valence-electron chi connectivity index (χ1n) is 6.01. The maximum Gasteiger partial charge on any atom is 0.335 e. The van der Waals surface area contributed by atoms with Gasteiger partial charge in [0, 0.05) is 44.1 Å². The molecule has 2 saturated heterocycles. The Labute approximate surface area is 148 Å². The average Bonchev–Trinajstić information content (AvgIpc) is 2.97. The standard InChI is InChI=1S/C6H10O4.C5H10O3.Ac/c1-2-5-9-3-4(10-5)6(7)8;1-2-5-7-3-4(6)8-5;/h4-5H,2-3H2,1H3,(H,7,8);4-6H,2-3H2,1H3;/t4-,5-;4?,5-;/m11./s1. The van der Waals surface area contributed by atoms with Crippen LogP contribution in [0.2, 0.25) is 0 Å². The van der Waals surface area contributed by atoms with Gasteiger partial charge >= 0.3 is 5.97 Å². The molecule has 0 spiro atoms. The van der Waals surface area contributed by atoms with Crippen molar-refractivity contribution in [2.24, 2.45) is 0 Å². The maximum absolute atomic E-state index is 10.3. The summed E-state index contributed by atoms with van der Waals surface area (Å²) in [5.74, 6) is -0.948. The number of aliphatic hydroxyl groups excluding tert-OH is 1. The molecule has 1 unspecified atom stereocenters. The summed E-state index contributed by atoms with van der Waals surface area (Å²) in [6.45, 7) is 4.32. The van der Waals surface area contributed by atoms with Gasteiger partial charge in [-0.3, -0.25) is 0 Å². The molecule has 2 aliphatic heterocycles. The van der Waals surface area contributed by atoms with Crippen molar-refractivity contribution in [2.45, 2.75) is 51.7 Å². The van der Waals surface area contributed by atoms with E-state index in [4.69, 9.17) is 29.2 Å². The number of aliphatic hydroxyl groups is 1. The molecule has 0 amide bonds. The molecule has 109 valence electrons. The van der Waals surface area contributed by atoms with Crippen LogP contribution < -0.4 is 0 Å². The minimum atomic E-state index is -0.948. The SMILES string of the molecule is CC[C@@H]1OCC(O)O1.CC[C@@H]1OC[C@H](C(=O)O)O1.[Ac]. The first-order valence-corrected chi connectivity index (χ1v) is 6.01. The van der Waals surface area contributed by atoms with E-state index < -0.39 is 18.4 Å². The van der Waals surface area contributed by atoms with Gasteiger partial charge in [-0.25, -0.2) is 4.79 Å². The van der Waals surface area contributed by atoms with Crippen LogP contribution in [-0.2, 0) is 23.7 Å². The van der Waals surface area contributed by atoms with E-state index in [9.17, 15) is 4.79 Å². The Bertz CT molecular complexity index is 263. The van der Waals surface area contributed by atoms with Gasteiger partial charge in [0.05, 0.1) is 6.61 Å². The van der Waals surface area contributed by atoms with E-state index in [1.807, 2.05) is 13.8 Å². The van der Waals surface area contributed by atoms with Crippen LogP contribution in [0.5, 0.6) is 0 Å². The van der Waals surface area contributed by atoms with Gasteiger partial charge in [0.15, 0.2) is 25.0 Å². The number of carboxylic acid groups (broad SMARTS) is 1. The molecule has 19 heavy (non-hydrogen) atoms. The van der Waals surface area contributed by atoms with Crippen LogP contribution in [-0.4, -0.2) is 54.4 Å². The fraction of sp³-hybridized carbons (Fsp3) is 0.909. The van der Waals surface area contributed by atoms with Gasteiger partial charge < -0.3 is 29.2 Å². The van der Waals surface area contributed by atoms with Gasteiger partial charge in [-0.2, -0.15) is 0 Å². The van der Waals surface area contributed by atoms with Crippen molar-refractivity contribution < 1.29 is 78.0 Å². The molecule has 2 rings (SSSR count). The summed E-state index contributed by atoms with van der Waals surface area (Å²) >= 11 is 0. The Morgan fingerprint density at radius 2 is 1.63 bits per heavy atom. The second kappa shape index (κ2) is 10.4. The third kappa shape index (κ3) is 7.32. The van der Waals surface area contributed by atoms with E-state index in [-0.39, 0.29) is 63.2 Å². The predicted octanol–water partition coefficient (Wildman–Crippen LogP) is 0.310. The first-order chi connectivity index (χ1) is 8.56. The van der Waals surface area contributed by atoms with Crippen LogP contribution in [0.3, 0.4) is 0 Å². The predicted molar refractivity (Wildman–Crippen MR) is 59.7 cm³/mol. The van der Waals surface area contributed by atoms with Crippen molar-refractivity contribution >= 4 is 5.97 Å². The molecule has 0 saturated carbocycles. The van der Waals surface area contributed by atoms with Crippen molar-refractivity contribution in [3.8, 4) is 0 Å². The summed E-state index contributed by atoms with van der Waals surface area (Å²) in [7, 11) is 0. The largest absolute Gasteiger partial charge is 0.479 e. The minimum absolute atomic E-state index is 0. The first kappa shape index (κ1) is 19.7. The Balaban J connectivity index is 0.000000331. The summed E-state index contributed by atoms with van der Waals surface area (Å²) in [5, 5.41) is 17.1. The molecular weight excluding hydrogens is 471 g/mol. The Morgan fingerprint density at radius 3 is 1.89 bits per heavy atom. The molecule has 0 aromatic heterocycles. The van der Waals surface area contributed by atoms with Crippen LogP contribution in [0.15, 0.2) is 0 Å².